The van der Waals surface area contributed by atoms with Gasteiger partial charge in [-0.2, -0.15) is 0 Å². The molecule has 192 valence electrons. The lowest BCUT2D eigenvalue weighted by Crippen LogP contribution is -1.93. The van der Waals surface area contributed by atoms with E-state index >= 15 is 0 Å². The third-order valence-corrected chi connectivity index (χ3v) is 8.81. The smallest absolute Gasteiger partial charge is 0.0547 e. The minimum atomic E-state index is 0.552. The van der Waals surface area contributed by atoms with Gasteiger partial charge in [-0.25, -0.2) is 0 Å². The van der Waals surface area contributed by atoms with Crippen LogP contribution in [0, 0.1) is 0 Å². The first-order valence-corrected chi connectivity index (χ1v) is 14.3. The first-order chi connectivity index (χ1) is 19.7. The highest BCUT2D eigenvalue weighted by molar-refractivity contribution is 6.22. The van der Waals surface area contributed by atoms with E-state index < -0.39 is 0 Å². The van der Waals surface area contributed by atoms with Crippen molar-refractivity contribution in [3.05, 3.63) is 127 Å². The van der Waals surface area contributed by atoms with Crippen molar-refractivity contribution in [3.63, 3.8) is 0 Å². The van der Waals surface area contributed by atoms with E-state index in [-0.39, 0.29) is 0 Å². The molecular formula is C38H30N2. The fraction of sp³-hybridized carbons (Fsp3) is 0.105. The van der Waals surface area contributed by atoms with E-state index in [1.165, 1.54) is 76.8 Å². The fourth-order valence-electron chi connectivity index (χ4n) is 6.46. The summed E-state index contributed by atoms with van der Waals surface area (Å²) >= 11 is 0. The Morgan fingerprint density at radius 1 is 0.600 bits per heavy atom. The predicted molar refractivity (Wildman–Crippen MR) is 172 cm³/mol. The van der Waals surface area contributed by atoms with Gasteiger partial charge in [0.05, 0.1) is 11.0 Å². The molecular weight excluding hydrogens is 484 g/mol. The summed E-state index contributed by atoms with van der Waals surface area (Å²) in [4.78, 5) is 3.63. The van der Waals surface area contributed by atoms with Crippen LogP contribution < -0.4 is 0 Å². The Bertz CT molecular complexity index is 2210. The summed E-state index contributed by atoms with van der Waals surface area (Å²) in [6.07, 6.45) is 1.14. The van der Waals surface area contributed by atoms with E-state index in [2.05, 4.69) is 145 Å². The SMILES string of the molecule is CC[C@H](C)c1ccc2[nH]c3ccc(-c4ccc5c(c4)c4c6ccccc6ccc4n5-c4ccccc4)cc3c2c1. The zero-order valence-electron chi connectivity index (χ0n) is 22.8. The van der Waals surface area contributed by atoms with Gasteiger partial charge in [-0.15, -0.1) is 0 Å². The molecule has 0 spiro atoms. The standard InChI is InChI=1S/C38H30N2/c1-3-24(2)26-13-17-34-31(21-26)32-22-27(14-18-35(32)39-34)28-16-19-36-33(23-28)38-30-12-8-7-9-25(30)15-20-37(38)40(36)29-10-5-4-6-11-29/h4-24,39H,3H2,1-2H3/t24-/m0/s1. The number of para-hydroxylation sites is 1. The molecule has 2 heteroatoms. The lowest BCUT2D eigenvalue weighted by molar-refractivity contribution is 0.735. The number of nitrogens with one attached hydrogen (secondary N) is 1. The average Bonchev–Trinajstić information content (AvgIpc) is 3.55. The molecule has 0 aliphatic heterocycles. The molecule has 1 atom stereocenters. The average molecular weight is 515 g/mol. The van der Waals surface area contributed by atoms with Gasteiger partial charge in [0.2, 0.25) is 0 Å². The molecule has 8 aromatic rings. The molecule has 0 amide bonds. The Morgan fingerprint density at radius 3 is 2.10 bits per heavy atom. The van der Waals surface area contributed by atoms with E-state index in [1.807, 2.05) is 0 Å². The van der Waals surface area contributed by atoms with E-state index in [0.29, 0.717) is 5.92 Å². The highest BCUT2D eigenvalue weighted by atomic mass is 15.0. The fourth-order valence-corrected chi connectivity index (χ4v) is 6.46. The number of nitrogens with zero attached hydrogens (tertiary/aromatic N) is 1. The van der Waals surface area contributed by atoms with Crippen molar-refractivity contribution in [2.24, 2.45) is 0 Å². The molecule has 8 rings (SSSR count). The van der Waals surface area contributed by atoms with E-state index in [0.717, 1.165) is 6.42 Å². The van der Waals surface area contributed by atoms with Gasteiger partial charge in [-0.1, -0.05) is 80.6 Å². The van der Waals surface area contributed by atoms with Crippen LogP contribution in [0.4, 0.5) is 0 Å². The summed E-state index contributed by atoms with van der Waals surface area (Å²) in [5.74, 6) is 0.552. The number of aromatic nitrogens is 2. The second kappa shape index (κ2) is 8.86. The number of aromatic amines is 1. The zero-order valence-corrected chi connectivity index (χ0v) is 22.8. The van der Waals surface area contributed by atoms with Crippen LogP contribution in [-0.4, -0.2) is 9.55 Å². The van der Waals surface area contributed by atoms with Crippen LogP contribution in [0.2, 0.25) is 0 Å². The monoisotopic (exact) mass is 514 g/mol. The summed E-state index contributed by atoms with van der Waals surface area (Å²) in [6.45, 7) is 4.57. The first-order valence-electron chi connectivity index (χ1n) is 14.3. The van der Waals surface area contributed by atoms with Crippen LogP contribution in [-0.2, 0) is 0 Å². The summed E-state index contributed by atoms with van der Waals surface area (Å²) in [5, 5.41) is 7.75. The second-order valence-corrected chi connectivity index (χ2v) is 11.1. The van der Waals surface area contributed by atoms with E-state index in [4.69, 9.17) is 0 Å². The molecule has 0 aliphatic rings. The summed E-state index contributed by atoms with van der Waals surface area (Å²) in [5.41, 5.74) is 9.92. The van der Waals surface area contributed by atoms with Gasteiger partial charge in [0.15, 0.2) is 0 Å². The van der Waals surface area contributed by atoms with Crippen LogP contribution in [0.1, 0.15) is 31.7 Å². The maximum absolute atomic E-state index is 3.63. The van der Waals surface area contributed by atoms with Crippen LogP contribution >= 0.6 is 0 Å². The zero-order chi connectivity index (χ0) is 26.8. The number of benzene rings is 6. The van der Waals surface area contributed by atoms with Crippen molar-refractivity contribution in [1.29, 1.82) is 0 Å². The van der Waals surface area contributed by atoms with Crippen molar-refractivity contribution in [1.82, 2.24) is 9.55 Å². The first kappa shape index (κ1) is 23.1. The van der Waals surface area contributed by atoms with Gasteiger partial charge in [0, 0.05) is 38.3 Å². The van der Waals surface area contributed by atoms with Gasteiger partial charge in [-0.05, 0) is 94.4 Å². The maximum atomic E-state index is 3.63. The molecule has 0 radical (unpaired) electrons. The number of H-pyrrole nitrogens is 1. The van der Waals surface area contributed by atoms with E-state index in [9.17, 15) is 0 Å². The minimum absolute atomic E-state index is 0.552. The quantitative estimate of drug-likeness (QED) is 0.241. The Morgan fingerprint density at radius 2 is 1.27 bits per heavy atom. The number of fused-ring (bicyclic) bond motifs is 8. The van der Waals surface area contributed by atoms with Crippen molar-refractivity contribution < 1.29 is 0 Å². The molecule has 0 aliphatic carbocycles. The van der Waals surface area contributed by atoms with E-state index in [1.54, 1.807) is 0 Å². The van der Waals surface area contributed by atoms with Crippen molar-refractivity contribution in [2.45, 2.75) is 26.2 Å². The third-order valence-electron chi connectivity index (χ3n) is 8.81. The highest BCUT2D eigenvalue weighted by Crippen LogP contribution is 2.39. The molecule has 0 fully saturated rings. The number of hydrogen-bond donors (Lipinski definition) is 1. The topological polar surface area (TPSA) is 20.7 Å². The van der Waals surface area contributed by atoms with Crippen LogP contribution in [0.15, 0.2) is 121 Å². The molecule has 2 nitrogen and oxygen atoms in total. The summed E-state index contributed by atoms with van der Waals surface area (Å²) in [6, 6.07) is 44.7. The van der Waals surface area contributed by atoms with Crippen LogP contribution in [0.5, 0.6) is 0 Å². The molecule has 6 aromatic carbocycles. The van der Waals surface area contributed by atoms with Crippen molar-refractivity contribution >= 4 is 54.4 Å². The second-order valence-electron chi connectivity index (χ2n) is 11.1. The van der Waals surface area contributed by atoms with Gasteiger partial charge in [0.1, 0.15) is 0 Å². The lowest BCUT2D eigenvalue weighted by Gasteiger charge is -2.09. The highest BCUT2D eigenvalue weighted by Gasteiger charge is 2.16. The van der Waals surface area contributed by atoms with Crippen molar-refractivity contribution in [3.8, 4) is 16.8 Å². The number of hydrogen-bond acceptors (Lipinski definition) is 0. The van der Waals surface area contributed by atoms with Crippen LogP contribution in [0.25, 0.3) is 71.2 Å². The number of rotatable bonds is 4. The Labute approximate surface area is 233 Å². The van der Waals surface area contributed by atoms with Gasteiger partial charge in [0.25, 0.3) is 0 Å². The predicted octanol–water partition coefficient (Wildman–Crippen LogP) is 10.8. The van der Waals surface area contributed by atoms with Crippen molar-refractivity contribution in [2.75, 3.05) is 0 Å². The molecule has 0 saturated heterocycles. The lowest BCUT2D eigenvalue weighted by atomic mass is 9.96. The Kier molecular flexibility index (Phi) is 5.12. The Balaban J connectivity index is 1.39. The molecule has 1 N–H and O–H groups in total. The largest absolute Gasteiger partial charge is 0.355 e. The normalized spacial score (nSPS) is 12.8. The Hall–Kier alpha value is -4.82. The third kappa shape index (κ3) is 3.42. The minimum Gasteiger partial charge on any atom is -0.355 e. The van der Waals surface area contributed by atoms with Gasteiger partial charge < -0.3 is 9.55 Å². The molecule has 40 heavy (non-hydrogen) atoms. The molecule has 2 aromatic heterocycles. The molecule has 0 bridgehead atoms. The van der Waals surface area contributed by atoms with Gasteiger partial charge >= 0.3 is 0 Å². The van der Waals surface area contributed by atoms with Gasteiger partial charge in [-0.3, -0.25) is 0 Å². The summed E-state index contributed by atoms with van der Waals surface area (Å²) < 4.78 is 2.40. The molecule has 0 saturated carbocycles. The van der Waals surface area contributed by atoms with Crippen LogP contribution in [0.3, 0.4) is 0 Å². The summed E-state index contributed by atoms with van der Waals surface area (Å²) in [7, 11) is 0. The maximum Gasteiger partial charge on any atom is 0.0547 e. The molecule has 0 unspecified atom stereocenters. The molecule has 2 heterocycles.